The molecule has 1 aliphatic carbocycles. The van der Waals surface area contributed by atoms with E-state index in [4.69, 9.17) is 40.3 Å². The first-order chi connectivity index (χ1) is 14.2. The first-order valence-corrected chi connectivity index (χ1v) is 11.4. The van der Waals surface area contributed by atoms with Crippen molar-refractivity contribution in [3.8, 4) is 21.6 Å². The van der Waals surface area contributed by atoms with Gasteiger partial charge < -0.3 is 0 Å². The Bertz CT molecular complexity index is 1010. The fourth-order valence-corrected chi connectivity index (χ4v) is 5.12. The molecule has 2 aliphatic heterocycles. The maximum absolute atomic E-state index is 12.7. The molecule has 0 bridgehead atoms. The summed E-state index contributed by atoms with van der Waals surface area (Å²) in [6.45, 7) is 3.11. The van der Waals surface area contributed by atoms with Crippen LogP contribution in [-0.4, -0.2) is 72.3 Å². The summed E-state index contributed by atoms with van der Waals surface area (Å²) in [4.78, 5) is 17.5. The van der Waals surface area contributed by atoms with Crippen LogP contribution >= 0.6 is 11.6 Å². The van der Waals surface area contributed by atoms with E-state index in [0.717, 1.165) is 14.2 Å². The average molecular weight is 485 g/mol. The third-order valence-corrected chi connectivity index (χ3v) is 6.74. The average Bonchev–Trinajstić information content (AvgIpc) is 2.72. The molecule has 0 fully saturated rings. The molecule has 2 heterocycles. The molecule has 4 rings (SSSR count). The van der Waals surface area contributed by atoms with E-state index in [1.165, 1.54) is 0 Å². The molecule has 154 valence electrons. The number of rotatable bonds is 0. The molecule has 0 amide bonds. The number of fused-ring (bicyclic) bond motifs is 4. The van der Waals surface area contributed by atoms with Crippen molar-refractivity contribution in [3.05, 3.63) is 39.5 Å². The van der Waals surface area contributed by atoms with E-state index in [-0.39, 0.29) is 38.9 Å². The molecule has 0 N–H and O–H groups in total. The SMILES string of the molecule is O=c1cc2[se]c3ccc(Cl)cc3nc-2c2c1OCCOCCOCCOCCO2. The first-order valence-electron chi connectivity index (χ1n) is 9.28. The molecule has 9 heteroatoms. The normalized spacial score (nSPS) is 17.0. The van der Waals surface area contributed by atoms with E-state index in [2.05, 4.69) is 0 Å². The third-order valence-electron chi connectivity index (χ3n) is 4.21. The number of aromatic nitrogens is 1. The zero-order chi connectivity index (χ0) is 20.1. The molecule has 0 atom stereocenters. The fourth-order valence-electron chi connectivity index (χ4n) is 2.89. The van der Waals surface area contributed by atoms with Gasteiger partial charge in [-0.2, -0.15) is 0 Å². The van der Waals surface area contributed by atoms with Crippen molar-refractivity contribution in [1.82, 2.24) is 4.98 Å². The van der Waals surface area contributed by atoms with Gasteiger partial charge in [0.15, 0.2) is 0 Å². The standard InChI is InChI=1S/C20H20ClNO6Se/c21-13-1-2-16-14(11-13)22-18-17(29-16)12-15(23)19-20(18)28-10-8-26-6-4-24-3-5-25-7-9-27-19/h1-2,11-12H,3-10H2. The quantitative estimate of drug-likeness (QED) is 0.358. The van der Waals surface area contributed by atoms with Crippen LogP contribution in [0.3, 0.4) is 0 Å². The van der Waals surface area contributed by atoms with Gasteiger partial charge in [-0.05, 0) is 0 Å². The van der Waals surface area contributed by atoms with Gasteiger partial charge in [-0.25, -0.2) is 0 Å². The Morgan fingerprint density at radius 1 is 0.828 bits per heavy atom. The minimum absolute atomic E-state index is 0.0808. The second kappa shape index (κ2) is 9.89. The van der Waals surface area contributed by atoms with E-state index in [1.807, 2.05) is 18.2 Å². The van der Waals surface area contributed by atoms with Gasteiger partial charge in [0, 0.05) is 0 Å². The molecular weight excluding hydrogens is 465 g/mol. The molecule has 1 aromatic carbocycles. The van der Waals surface area contributed by atoms with Crippen molar-refractivity contribution < 1.29 is 23.7 Å². The molecule has 0 saturated carbocycles. The predicted octanol–water partition coefficient (Wildman–Crippen LogP) is 2.23. The van der Waals surface area contributed by atoms with Crippen LogP contribution in [0.1, 0.15) is 0 Å². The molecule has 0 radical (unpaired) electrons. The first kappa shape index (κ1) is 20.6. The van der Waals surface area contributed by atoms with Crippen LogP contribution in [0.2, 0.25) is 5.02 Å². The van der Waals surface area contributed by atoms with Gasteiger partial charge in [0.25, 0.3) is 0 Å². The van der Waals surface area contributed by atoms with Crippen molar-refractivity contribution in [2.24, 2.45) is 0 Å². The number of nitrogens with zero attached hydrogens (tertiary/aromatic N) is 1. The summed E-state index contributed by atoms with van der Waals surface area (Å²) in [7, 11) is 0. The second-order valence-electron chi connectivity index (χ2n) is 6.24. The van der Waals surface area contributed by atoms with E-state index in [9.17, 15) is 4.79 Å². The van der Waals surface area contributed by atoms with Crippen molar-refractivity contribution in [2.45, 2.75) is 0 Å². The molecule has 7 nitrogen and oxygen atoms in total. The summed E-state index contributed by atoms with van der Waals surface area (Å²) in [6.07, 6.45) is 0. The van der Waals surface area contributed by atoms with E-state index in [0.29, 0.717) is 56.1 Å². The Kier molecular flexibility index (Phi) is 7.02. The van der Waals surface area contributed by atoms with Gasteiger partial charge in [0.2, 0.25) is 0 Å². The zero-order valence-electron chi connectivity index (χ0n) is 15.6. The van der Waals surface area contributed by atoms with Crippen LogP contribution in [0.25, 0.3) is 19.9 Å². The molecule has 1 aromatic rings. The van der Waals surface area contributed by atoms with Crippen LogP contribution in [0.4, 0.5) is 0 Å². The summed E-state index contributed by atoms with van der Waals surface area (Å²) < 4.78 is 30.0. The van der Waals surface area contributed by atoms with Crippen molar-refractivity contribution >= 4 is 35.9 Å². The van der Waals surface area contributed by atoms with Gasteiger partial charge >= 0.3 is 179 Å². The number of halogens is 1. The van der Waals surface area contributed by atoms with Crippen LogP contribution in [0.5, 0.6) is 11.5 Å². The van der Waals surface area contributed by atoms with Crippen LogP contribution in [0, 0.1) is 0 Å². The Morgan fingerprint density at radius 2 is 1.45 bits per heavy atom. The molecule has 0 saturated heterocycles. The summed E-state index contributed by atoms with van der Waals surface area (Å²) in [5.74, 6) is 0.512. The van der Waals surface area contributed by atoms with Crippen LogP contribution in [0.15, 0.2) is 29.1 Å². The number of hydrogen-bond donors (Lipinski definition) is 0. The minimum atomic E-state index is -0.221. The van der Waals surface area contributed by atoms with Gasteiger partial charge in [-0.15, -0.1) is 0 Å². The molecule has 0 unspecified atom stereocenters. The Hall–Kier alpha value is -1.67. The number of ether oxygens (including phenoxy) is 5. The van der Waals surface area contributed by atoms with Crippen molar-refractivity contribution in [2.75, 3.05) is 52.9 Å². The Labute approximate surface area is 178 Å². The topological polar surface area (TPSA) is 76.1 Å². The van der Waals surface area contributed by atoms with Crippen LogP contribution < -0.4 is 14.9 Å². The maximum atomic E-state index is 12.7. The number of benzene rings is 2. The molecule has 0 spiro atoms. The van der Waals surface area contributed by atoms with Gasteiger partial charge in [-0.3, -0.25) is 0 Å². The molecule has 3 aliphatic rings. The predicted molar refractivity (Wildman–Crippen MR) is 110 cm³/mol. The Morgan fingerprint density at radius 3 is 2.14 bits per heavy atom. The van der Waals surface area contributed by atoms with E-state index in [1.54, 1.807) is 6.07 Å². The summed E-state index contributed by atoms with van der Waals surface area (Å²) in [6, 6.07) is 7.21. The monoisotopic (exact) mass is 485 g/mol. The van der Waals surface area contributed by atoms with Gasteiger partial charge in [0.05, 0.1) is 0 Å². The van der Waals surface area contributed by atoms with Gasteiger partial charge in [0.1, 0.15) is 0 Å². The second-order valence-corrected chi connectivity index (χ2v) is 8.95. The van der Waals surface area contributed by atoms with E-state index < -0.39 is 0 Å². The van der Waals surface area contributed by atoms with Crippen molar-refractivity contribution in [1.29, 1.82) is 0 Å². The molecule has 0 aromatic heterocycles. The number of hydrogen-bond acceptors (Lipinski definition) is 7. The summed E-state index contributed by atoms with van der Waals surface area (Å²) in [5.41, 5.74) is 1.20. The molecular formula is C20H20ClNO6Se. The molecule has 29 heavy (non-hydrogen) atoms. The Balaban J connectivity index is 1.73. The third kappa shape index (κ3) is 5.09. The zero-order valence-corrected chi connectivity index (χ0v) is 18.1. The fraction of sp³-hybridized carbons (Fsp3) is 0.400. The van der Waals surface area contributed by atoms with Crippen molar-refractivity contribution in [3.63, 3.8) is 0 Å². The van der Waals surface area contributed by atoms with Gasteiger partial charge in [-0.1, -0.05) is 0 Å². The van der Waals surface area contributed by atoms with Crippen LogP contribution in [-0.2, 0) is 14.2 Å². The summed E-state index contributed by atoms with van der Waals surface area (Å²) >= 11 is 6.05. The van der Waals surface area contributed by atoms with E-state index >= 15 is 0 Å². The summed E-state index contributed by atoms with van der Waals surface area (Å²) in [5, 5.41) is 0.615.